The van der Waals surface area contributed by atoms with Gasteiger partial charge < -0.3 is 20.9 Å². The summed E-state index contributed by atoms with van der Waals surface area (Å²) in [5.41, 5.74) is 12.4. The van der Waals surface area contributed by atoms with Crippen molar-refractivity contribution in [3.63, 3.8) is 0 Å². The number of benzene rings is 1. The van der Waals surface area contributed by atoms with Crippen LogP contribution in [0.5, 0.6) is 11.6 Å². The summed E-state index contributed by atoms with van der Waals surface area (Å²) < 4.78 is 10.9. The molecule has 0 amide bonds. The Morgan fingerprint density at radius 1 is 0.833 bits per heavy atom. The molecule has 0 aliphatic rings. The second-order valence-electron chi connectivity index (χ2n) is 3.70. The minimum Gasteiger partial charge on any atom is -0.490 e. The first-order chi connectivity index (χ1) is 8.74. The summed E-state index contributed by atoms with van der Waals surface area (Å²) in [5.74, 6) is 1.29. The molecule has 0 bridgehead atoms. The van der Waals surface area contributed by atoms with Crippen LogP contribution in [-0.4, -0.2) is 18.2 Å². The van der Waals surface area contributed by atoms with Gasteiger partial charge in [-0.15, -0.1) is 0 Å². The molecule has 0 unspecified atom stereocenters. The topological polar surface area (TPSA) is 83.4 Å². The Kier molecular flexibility index (Phi) is 3.86. The standard InChI is InChI=1S/C13H15N3O2/c14-10-1-4-12(5-2-10)17-7-8-18-13-6-3-11(15)9-16-13/h1-6,9H,7-8,14-15H2. The third-order valence-corrected chi connectivity index (χ3v) is 2.24. The maximum Gasteiger partial charge on any atom is 0.213 e. The maximum absolute atomic E-state index is 5.57. The zero-order valence-electron chi connectivity index (χ0n) is 9.87. The van der Waals surface area contributed by atoms with Crippen LogP contribution in [0.3, 0.4) is 0 Å². The van der Waals surface area contributed by atoms with Gasteiger partial charge in [-0.05, 0) is 30.3 Å². The molecule has 0 atom stereocenters. The number of nitrogens with two attached hydrogens (primary N) is 2. The van der Waals surface area contributed by atoms with Crippen molar-refractivity contribution in [2.75, 3.05) is 24.7 Å². The third-order valence-electron chi connectivity index (χ3n) is 2.24. The lowest BCUT2D eigenvalue weighted by molar-refractivity contribution is 0.212. The van der Waals surface area contributed by atoms with Gasteiger partial charge in [-0.3, -0.25) is 0 Å². The monoisotopic (exact) mass is 245 g/mol. The molecule has 18 heavy (non-hydrogen) atoms. The normalized spacial score (nSPS) is 10.0. The fourth-order valence-electron chi connectivity index (χ4n) is 1.35. The van der Waals surface area contributed by atoms with Crippen molar-refractivity contribution in [3.05, 3.63) is 42.6 Å². The van der Waals surface area contributed by atoms with E-state index in [4.69, 9.17) is 20.9 Å². The summed E-state index contributed by atoms with van der Waals surface area (Å²) in [6.07, 6.45) is 1.55. The van der Waals surface area contributed by atoms with Gasteiger partial charge in [0.15, 0.2) is 0 Å². The van der Waals surface area contributed by atoms with Gasteiger partial charge in [-0.2, -0.15) is 0 Å². The molecule has 0 spiro atoms. The average Bonchev–Trinajstić information content (AvgIpc) is 2.39. The first kappa shape index (κ1) is 12.0. The average molecular weight is 245 g/mol. The Morgan fingerprint density at radius 3 is 2.17 bits per heavy atom. The Hall–Kier alpha value is -2.43. The summed E-state index contributed by atoms with van der Waals surface area (Å²) in [4.78, 5) is 4.02. The van der Waals surface area contributed by atoms with Gasteiger partial charge in [-0.1, -0.05) is 0 Å². The Labute approximate surface area is 105 Å². The highest BCUT2D eigenvalue weighted by molar-refractivity contribution is 5.41. The van der Waals surface area contributed by atoms with Crippen molar-refractivity contribution < 1.29 is 9.47 Å². The summed E-state index contributed by atoms with van der Waals surface area (Å²) in [6.45, 7) is 0.858. The summed E-state index contributed by atoms with van der Waals surface area (Å²) in [7, 11) is 0. The molecule has 0 aliphatic heterocycles. The summed E-state index contributed by atoms with van der Waals surface area (Å²) in [5, 5.41) is 0. The minimum absolute atomic E-state index is 0.418. The molecule has 0 fully saturated rings. The Bertz CT molecular complexity index is 435. The van der Waals surface area contributed by atoms with Crippen LogP contribution in [0.4, 0.5) is 11.4 Å². The lowest BCUT2D eigenvalue weighted by Gasteiger charge is -2.07. The van der Waals surface area contributed by atoms with Crippen LogP contribution in [0, 0.1) is 0 Å². The molecule has 1 aromatic heterocycles. The van der Waals surface area contributed by atoms with Crippen LogP contribution < -0.4 is 20.9 Å². The van der Waals surface area contributed by atoms with E-state index >= 15 is 0 Å². The van der Waals surface area contributed by atoms with E-state index in [9.17, 15) is 0 Å². The van der Waals surface area contributed by atoms with E-state index in [-0.39, 0.29) is 0 Å². The van der Waals surface area contributed by atoms with Gasteiger partial charge in [0.2, 0.25) is 5.88 Å². The Morgan fingerprint density at radius 2 is 1.50 bits per heavy atom. The first-order valence-corrected chi connectivity index (χ1v) is 5.57. The zero-order valence-corrected chi connectivity index (χ0v) is 9.87. The second-order valence-corrected chi connectivity index (χ2v) is 3.70. The van der Waals surface area contributed by atoms with Crippen molar-refractivity contribution >= 4 is 11.4 Å². The molecule has 4 N–H and O–H groups in total. The number of rotatable bonds is 5. The highest BCUT2D eigenvalue weighted by Crippen LogP contribution is 2.13. The smallest absolute Gasteiger partial charge is 0.213 e. The van der Waals surface area contributed by atoms with Gasteiger partial charge in [0.25, 0.3) is 0 Å². The minimum atomic E-state index is 0.418. The molecule has 1 aromatic carbocycles. The number of nitrogen functional groups attached to an aromatic ring is 2. The lowest BCUT2D eigenvalue weighted by Crippen LogP contribution is -2.09. The summed E-state index contributed by atoms with van der Waals surface area (Å²) >= 11 is 0. The fraction of sp³-hybridized carbons (Fsp3) is 0.154. The summed E-state index contributed by atoms with van der Waals surface area (Å²) in [6, 6.07) is 10.7. The molecule has 2 aromatic rings. The van der Waals surface area contributed by atoms with Crippen LogP contribution in [0.25, 0.3) is 0 Å². The second kappa shape index (κ2) is 5.77. The van der Waals surface area contributed by atoms with E-state index in [1.165, 1.54) is 0 Å². The molecule has 5 nitrogen and oxygen atoms in total. The SMILES string of the molecule is Nc1ccc(OCCOc2ccc(N)cn2)cc1. The predicted molar refractivity (Wildman–Crippen MR) is 70.5 cm³/mol. The number of pyridine rings is 1. The van der Waals surface area contributed by atoms with E-state index in [0.29, 0.717) is 30.5 Å². The fourth-order valence-corrected chi connectivity index (χ4v) is 1.35. The number of hydrogen-bond acceptors (Lipinski definition) is 5. The molecular weight excluding hydrogens is 230 g/mol. The van der Waals surface area contributed by atoms with Gasteiger partial charge in [0.05, 0.1) is 11.9 Å². The quantitative estimate of drug-likeness (QED) is 0.618. The number of nitrogens with zero attached hydrogens (tertiary/aromatic N) is 1. The van der Waals surface area contributed by atoms with Crippen molar-refractivity contribution in [1.82, 2.24) is 4.98 Å². The molecule has 0 saturated heterocycles. The van der Waals surface area contributed by atoms with Gasteiger partial charge in [-0.25, -0.2) is 4.98 Å². The molecule has 0 saturated carbocycles. The maximum atomic E-state index is 5.57. The van der Waals surface area contributed by atoms with Crippen LogP contribution in [0.15, 0.2) is 42.6 Å². The zero-order chi connectivity index (χ0) is 12.8. The van der Waals surface area contributed by atoms with Crippen LogP contribution >= 0.6 is 0 Å². The number of ether oxygens (including phenoxy) is 2. The molecule has 5 heteroatoms. The van der Waals surface area contributed by atoms with E-state index in [1.54, 1.807) is 30.5 Å². The van der Waals surface area contributed by atoms with Crippen LogP contribution in [0.1, 0.15) is 0 Å². The highest BCUT2D eigenvalue weighted by atomic mass is 16.5. The van der Waals surface area contributed by atoms with E-state index < -0.39 is 0 Å². The van der Waals surface area contributed by atoms with E-state index in [0.717, 1.165) is 5.75 Å². The van der Waals surface area contributed by atoms with Crippen LogP contribution in [-0.2, 0) is 0 Å². The molecule has 1 heterocycles. The molecular formula is C13H15N3O2. The van der Waals surface area contributed by atoms with Crippen LogP contribution in [0.2, 0.25) is 0 Å². The lowest BCUT2D eigenvalue weighted by atomic mass is 10.3. The van der Waals surface area contributed by atoms with Gasteiger partial charge in [0.1, 0.15) is 19.0 Å². The van der Waals surface area contributed by atoms with E-state index in [1.807, 2.05) is 12.1 Å². The number of hydrogen-bond donors (Lipinski definition) is 2. The highest BCUT2D eigenvalue weighted by Gasteiger charge is 1.96. The number of anilines is 2. The van der Waals surface area contributed by atoms with E-state index in [2.05, 4.69) is 4.98 Å². The first-order valence-electron chi connectivity index (χ1n) is 5.57. The van der Waals surface area contributed by atoms with Crippen molar-refractivity contribution in [2.24, 2.45) is 0 Å². The predicted octanol–water partition coefficient (Wildman–Crippen LogP) is 1.70. The van der Waals surface area contributed by atoms with Crippen molar-refractivity contribution in [1.29, 1.82) is 0 Å². The Balaban J connectivity index is 1.73. The third kappa shape index (κ3) is 3.55. The molecule has 2 rings (SSSR count). The molecule has 0 aliphatic carbocycles. The van der Waals surface area contributed by atoms with Gasteiger partial charge in [0, 0.05) is 11.8 Å². The number of aromatic nitrogens is 1. The molecule has 0 radical (unpaired) electrons. The van der Waals surface area contributed by atoms with Gasteiger partial charge >= 0.3 is 0 Å². The van der Waals surface area contributed by atoms with Crippen molar-refractivity contribution in [3.8, 4) is 11.6 Å². The van der Waals surface area contributed by atoms with Crippen molar-refractivity contribution in [2.45, 2.75) is 0 Å². The molecule has 94 valence electrons. The largest absolute Gasteiger partial charge is 0.490 e.